The van der Waals surface area contributed by atoms with Crippen molar-refractivity contribution in [2.24, 2.45) is 0 Å². The van der Waals surface area contributed by atoms with Crippen LogP contribution in [-0.4, -0.2) is 11.1 Å². The molecule has 1 amide bonds. The molecule has 0 N–H and O–H groups in total. The molecule has 0 aliphatic rings. The molecule has 0 aliphatic heterocycles. The number of carbonyl (C=O) groups is 1. The van der Waals surface area contributed by atoms with Crippen LogP contribution in [-0.2, 0) is 6.54 Å². The fourth-order valence-electron chi connectivity index (χ4n) is 2.58. The molecule has 4 nitrogen and oxygen atoms in total. The van der Waals surface area contributed by atoms with Crippen molar-refractivity contribution in [2.75, 3.05) is 4.90 Å². The zero-order chi connectivity index (χ0) is 16.2. The van der Waals surface area contributed by atoms with Gasteiger partial charge in [0.1, 0.15) is 11.3 Å². The lowest BCUT2D eigenvalue weighted by molar-refractivity contribution is 0.0983. The predicted molar refractivity (Wildman–Crippen MR) is 89.4 cm³/mol. The Kier molecular flexibility index (Phi) is 4.24. The van der Waals surface area contributed by atoms with Gasteiger partial charge in [-0.3, -0.25) is 4.79 Å². The molecule has 0 unspecified atom stereocenters. The van der Waals surface area contributed by atoms with E-state index in [9.17, 15) is 4.79 Å². The fraction of sp³-hybridized carbons (Fsp3) is 0.158. The molecule has 4 heteroatoms. The number of anilines is 1. The van der Waals surface area contributed by atoms with Crippen LogP contribution in [0.3, 0.4) is 0 Å². The van der Waals surface area contributed by atoms with Crippen LogP contribution in [0, 0.1) is 13.8 Å². The summed E-state index contributed by atoms with van der Waals surface area (Å²) >= 11 is 0. The lowest BCUT2D eigenvalue weighted by atomic mass is 10.1. The lowest BCUT2D eigenvalue weighted by Crippen LogP contribution is -2.31. The molecule has 2 aromatic carbocycles. The Labute approximate surface area is 135 Å². The third kappa shape index (κ3) is 3.16. The molecule has 116 valence electrons. The first kappa shape index (κ1) is 15.0. The van der Waals surface area contributed by atoms with Crippen molar-refractivity contribution in [3.05, 3.63) is 83.2 Å². The predicted octanol–water partition coefficient (Wildman–Crippen LogP) is 4.14. The Morgan fingerprint density at radius 3 is 2.17 bits per heavy atom. The fourth-order valence-corrected chi connectivity index (χ4v) is 2.58. The van der Waals surface area contributed by atoms with Crippen molar-refractivity contribution >= 4 is 11.6 Å². The van der Waals surface area contributed by atoms with E-state index >= 15 is 0 Å². The van der Waals surface area contributed by atoms with Crippen LogP contribution in [0.15, 0.2) is 65.2 Å². The van der Waals surface area contributed by atoms with E-state index in [1.807, 2.05) is 60.7 Å². The van der Waals surface area contributed by atoms with Crippen LogP contribution in [0.2, 0.25) is 0 Å². The highest BCUT2D eigenvalue weighted by Gasteiger charge is 2.24. The van der Waals surface area contributed by atoms with Gasteiger partial charge in [0, 0.05) is 5.69 Å². The minimum atomic E-state index is -0.101. The number of para-hydroxylation sites is 1. The third-order valence-corrected chi connectivity index (χ3v) is 3.74. The van der Waals surface area contributed by atoms with Crippen LogP contribution in [0.25, 0.3) is 0 Å². The topological polar surface area (TPSA) is 46.3 Å². The Balaban J connectivity index is 2.00. The average molecular weight is 306 g/mol. The van der Waals surface area contributed by atoms with Gasteiger partial charge in [-0.15, -0.1) is 0 Å². The minimum absolute atomic E-state index is 0.101. The molecular formula is C19H18N2O2. The Bertz CT molecular complexity index is 775. The van der Waals surface area contributed by atoms with Gasteiger partial charge >= 0.3 is 0 Å². The van der Waals surface area contributed by atoms with Crippen LogP contribution in [0.5, 0.6) is 0 Å². The van der Waals surface area contributed by atoms with Gasteiger partial charge in [-0.25, -0.2) is 0 Å². The molecule has 0 saturated carbocycles. The van der Waals surface area contributed by atoms with E-state index in [0.717, 1.165) is 11.3 Å². The number of nitrogens with zero attached hydrogens (tertiary/aromatic N) is 2. The highest BCUT2D eigenvalue weighted by Crippen LogP contribution is 2.23. The van der Waals surface area contributed by atoms with Crippen LogP contribution >= 0.6 is 0 Å². The summed E-state index contributed by atoms with van der Waals surface area (Å²) in [5.74, 6) is 0.442. The lowest BCUT2D eigenvalue weighted by Gasteiger charge is -2.23. The molecule has 1 heterocycles. The maximum absolute atomic E-state index is 13.1. The normalized spacial score (nSPS) is 10.5. The zero-order valence-corrected chi connectivity index (χ0v) is 13.2. The summed E-state index contributed by atoms with van der Waals surface area (Å²) in [4.78, 5) is 14.8. The summed E-state index contributed by atoms with van der Waals surface area (Å²) in [5, 5.41) is 3.90. The SMILES string of the molecule is Cc1noc(C)c1C(=O)N(Cc1ccccc1)c1ccccc1. The Morgan fingerprint density at radius 2 is 1.61 bits per heavy atom. The zero-order valence-electron chi connectivity index (χ0n) is 13.2. The summed E-state index contributed by atoms with van der Waals surface area (Å²) in [6, 6.07) is 19.6. The van der Waals surface area contributed by atoms with Crippen LogP contribution in [0.4, 0.5) is 5.69 Å². The van der Waals surface area contributed by atoms with Gasteiger partial charge in [0.15, 0.2) is 0 Å². The molecule has 3 rings (SSSR count). The summed E-state index contributed by atoms with van der Waals surface area (Å²) in [5.41, 5.74) is 3.06. The summed E-state index contributed by atoms with van der Waals surface area (Å²) < 4.78 is 5.16. The first-order valence-corrected chi connectivity index (χ1v) is 7.50. The van der Waals surface area contributed by atoms with E-state index in [-0.39, 0.29) is 5.91 Å². The molecule has 3 aromatic rings. The second-order valence-corrected chi connectivity index (χ2v) is 5.41. The van der Waals surface area contributed by atoms with Crippen molar-refractivity contribution in [1.82, 2.24) is 5.16 Å². The Hall–Kier alpha value is -2.88. The first-order chi connectivity index (χ1) is 11.2. The summed E-state index contributed by atoms with van der Waals surface area (Å²) in [7, 11) is 0. The number of hydrogen-bond donors (Lipinski definition) is 0. The molecular weight excluding hydrogens is 288 g/mol. The molecule has 0 fully saturated rings. The highest BCUT2D eigenvalue weighted by atomic mass is 16.5. The minimum Gasteiger partial charge on any atom is -0.361 e. The van der Waals surface area contributed by atoms with E-state index < -0.39 is 0 Å². The largest absolute Gasteiger partial charge is 0.361 e. The van der Waals surface area contributed by atoms with Crippen LogP contribution in [0.1, 0.15) is 27.4 Å². The molecule has 0 radical (unpaired) electrons. The van der Waals surface area contributed by atoms with E-state index in [0.29, 0.717) is 23.6 Å². The maximum Gasteiger partial charge on any atom is 0.264 e. The molecule has 0 atom stereocenters. The number of carbonyl (C=O) groups excluding carboxylic acids is 1. The van der Waals surface area contributed by atoms with Gasteiger partial charge in [0.05, 0.1) is 12.2 Å². The number of rotatable bonds is 4. The first-order valence-electron chi connectivity index (χ1n) is 7.50. The molecule has 0 saturated heterocycles. The van der Waals surface area contributed by atoms with Gasteiger partial charge in [-0.05, 0) is 31.5 Å². The van der Waals surface area contributed by atoms with Crippen molar-refractivity contribution in [2.45, 2.75) is 20.4 Å². The number of aryl methyl sites for hydroxylation is 2. The van der Waals surface area contributed by atoms with Gasteiger partial charge < -0.3 is 9.42 Å². The van der Waals surface area contributed by atoms with Gasteiger partial charge in [0.2, 0.25) is 0 Å². The van der Waals surface area contributed by atoms with E-state index in [2.05, 4.69) is 5.16 Å². The molecule has 1 aromatic heterocycles. The van der Waals surface area contributed by atoms with Crippen molar-refractivity contribution in [3.8, 4) is 0 Å². The summed E-state index contributed by atoms with van der Waals surface area (Å²) in [6.07, 6.45) is 0. The number of aromatic nitrogens is 1. The Morgan fingerprint density at radius 1 is 1.00 bits per heavy atom. The third-order valence-electron chi connectivity index (χ3n) is 3.74. The van der Waals surface area contributed by atoms with Crippen molar-refractivity contribution in [1.29, 1.82) is 0 Å². The standard InChI is InChI=1S/C19H18N2O2/c1-14-18(15(2)23-20-14)19(22)21(17-11-7-4-8-12-17)13-16-9-5-3-6-10-16/h3-12H,13H2,1-2H3. The monoisotopic (exact) mass is 306 g/mol. The summed E-state index contributed by atoms with van der Waals surface area (Å²) in [6.45, 7) is 4.04. The van der Waals surface area contributed by atoms with Crippen molar-refractivity contribution < 1.29 is 9.32 Å². The van der Waals surface area contributed by atoms with Gasteiger partial charge in [-0.1, -0.05) is 53.7 Å². The van der Waals surface area contributed by atoms with Gasteiger partial charge in [-0.2, -0.15) is 0 Å². The van der Waals surface area contributed by atoms with Crippen molar-refractivity contribution in [3.63, 3.8) is 0 Å². The van der Waals surface area contributed by atoms with Gasteiger partial charge in [0.25, 0.3) is 5.91 Å². The number of amides is 1. The number of benzene rings is 2. The van der Waals surface area contributed by atoms with E-state index in [1.54, 1.807) is 18.7 Å². The van der Waals surface area contributed by atoms with E-state index in [1.165, 1.54) is 0 Å². The second-order valence-electron chi connectivity index (χ2n) is 5.41. The van der Waals surface area contributed by atoms with E-state index in [4.69, 9.17) is 4.52 Å². The van der Waals surface area contributed by atoms with Crippen LogP contribution < -0.4 is 4.90 Å². The molecule has 23 heavy (non-hydrogen) atoms. The molecule has 0 spiro atoms. The smallest absolute Gasteiger partial charge is 0.264 e. The number of hydrogen-bond acceptors (Lipinski definition) is 3. The quantitative estimate of drug-likeness (QED) is 0.728. The average Bonchev–Trinajstić information content (AvgIpc) is 2.92. The molecule has 0 bridgehead atoms. The highest BCUT2D eigenvalue weighted by molar-refractivity contribution is 6.07. The second kappa shape index (κ2) is 6.48. The maximum atomic E-state index is 13.1. The molecule has 0 aliphatic carbocycles.